The van der Waals surface area contributed by atoms with Crippen LogP contribution in [0.5, 0.6) is 0 Å². The molecule has 0 aromatic carbocycles. The molecule has 0 amide bonds. The molecule has 1 rings (SSSR count). The first-order valence-electron chi connectivity index (χ1n) is 5.91. The van der Waals surface area contributed by atoms with Crippen LogP contribution >= 0.6 is 0 Å². The molecule has 1 fully saturated rings. The van der Waals surface area contributed by atoms with Crippen LogP contribution in [0.3, 0.4) is 0 Å². The van der Waals surface area contributed by atoms with E-state index in [9.17, 15) is 4.79 Å². The van der Waals surface area contributed by atoms with Gasteiger partial charge in [-0.25, -0.2) is 0 Å². The van der Waals surface area contributed by atoms with Gasteiger partial charge in [-0.2, -0.15) is 0 Å². The average molecular weight is 208 g/mol. The van der Waals surface area contributed by atoms with Gasteiger partial charge in [0.2, 0.25) is 0 Å². The van der Waals surface area contributed by atoms with Gasteiger partial charge in [0.25, 0.3) is 0 Å². The SMILES string of the molecule is CC1CC(C)(C)CC1=CCC(C)(C)C=O. The van der Waals surface area contributed by atoms with Crippen LogP contribution in [0.1, 0.15) is 53.9 Å². The molecule has 1 heteroatoms. The quantitative estimate of drug-likeness (QED) is 0.506. The number of hydrogen-bond acceptors (Lipinski definition) is 1. The molecule has 0 bridgehead atoms. The number of carbonyl (C=O) groups is 1. The third-order valence-corrected chi connectivity index (χ3v) is 3.38. The molecule has 1 unspecified atom stereocenters. The van der Waals surface area contributed by atoms with Crippen LogP contribution in [0.4, 0.5) is 0 Å². The van der Waals surface area contributed by atoms with Crippen molar-refractivity contribution in [3.63, 3.8) is 0 Å². The van der Waals surface area contributed by atoms with Gasteiger partial charge in [-0.15, -0.1) is 0 Å². The maximum absolute atomic E-state index is 10.8. The second kappa shape index (κ2) is 4.11. The fourth-order valence-corrected chi connectivity index (χ4v) is 2.47. The van der Waals surface area contributed by atoms with Gasteiger partial charge >= 0.3 is 0 Å². The van der Waals surface area contributed by atoms with Crippen molar-refractivity contribution in [3.8, 4) is 0 Å². The molecule has 0 aromatic heterocycles. The average Bonchev–Trinajstić information content (AvgIpc) is 2.36. The van der Waals surface area contributed by atoms with E-state index in [0.717, 1.165) is 12.7 Å². The second-order valence-corrected chi connectivity index (χ2v) is 6.54. The van der Waals surface area contributed by atoms with Crippen molar-refractivity contribution >= 4 is 6.29 Å². The Labute approximate surface area is 93.9 Å². The summed E-state index contributed by atoms with van der Waals surface area (Å²) >= 11 is 0. The van der Waals surface area contributed by atoms with Crippen LogP contribution in [0.15, 0.2) is 11.6 Å². The van der Waals surface area contributed by atoms with Crippen LogP contribution in [0.2, 0.25) is 0 Å². The summed E-state index contributed by atoms with van der Waals surface area (Å²) < 4.78 is 0. The van der Waals surface area contributed by atoms with Gasteiger partial charge in [-0.3, -0.25) is 0 Å². The molecule has 0 radical (unpaired) electrons. The third kappa shape index (κ3) is 3.48. The molecule has 0 heterocycles. The summed E-state index contributed by atoms with van der Waals surface area (Å²) in [5.41, 5.74) is 1.81. The molecule has 0 N–H and O–H groups in total. The van der Waals surface area contributed by atoms with Crippen molar-refractivity contribution in [2.45, 2.75) is 53.9 Å². The van der Waals surface area contributed by atoms with E-state index in [1.807, 2.05) is 13.8 Å². The second-order valence-electron chi connectivity index (χ2n) is 6.54. The minimum Gasteiger partial charge on any atom is -0.303 e. The van der Waals surface area contributed by atoms with Crippen LogP contribution in [-0.4, -0.2) is 6.29 Å². The predicted molar refractivity (Wildman–Crippen MR) is 64.7 cm³/mol. The van der Waals surface area contributed by atoms with Crippen molar-refractivity contribution < 1.29 is 4.79 Å². The number of hydrogen-bond donors (Lipinski definition) is 0. The van der Waals surface area contributed by atoms with Crippen LogP contribution < -0.4 is 0 Å². The summed E-state index contributed by atoms with van der Waals surface area (Å²) in [6.45, 7) is 11.0. The summed E-state index contributed by atoms with van der Waals surface area (Å²) in [7, 11) is 0. The van der Waals surface area contributed by atoms with E-state index in [-0.39, 0.29) is 5.41 Å². The molecule has 1 nitrogen and oxygen atoms in total. The number of rotatable bonds is 3. The molecule has 1 atom stereocenters. The Hall–Kier alpha value is -0.590. The fraction of sp³-hybridized carbons (Fsp3) is 0.786. The summed E-state index contributed by atoms with van der Waals surface area (Å²) in [6.07, 6.45) is 6.72. The standard InChI is InChI=1S/C14H24O/c1-11-8-14(4,5)9-12(11)6-7-13(2,3)10-15/h6,10-11H,7-9H2,1-5H3. The van der Waals surface area contributed by atoms with Gasteiger partial charge in [0.05, 0.1) is 0 Å². The van der Waals surface area contributed by atoms with Gasteiger partial charge in [0, 0.05) is 5.41 Å². The van der Waals surface area contributed by atoms with E-state index < -0.39 is 0 Å². The molecule has 0 saturated heterocycles. The smallest absolute Gasteiger partial charge is 0.125 e. The zero-order chi connectivity index (χ0) is 11.7. The lowest BCUT2D eigenvalue weighted by Crippen LogP contribution is -2.11. The van der Waals surface area contributed by atoms with E-state index in [2.05, 4.69) is 26.8 Å². The zero-order valence-electron chi connectivity index (χ0n) is 10.8. The molecule has 1 aliphatic rings. The Morgan fingerprint density at radius 2 is 2.07 bits per heavy atom. The Morgan fingerprint density at radius 3 is 2.47 bits per heavy atom. The first kappa shape index (κ1) is 12.5. The van der Waals surface area contributed by atoms with Crippen LogP contribution in [0.25, 0.3) is 0 Å². The third-order valence-electron chi connectivity index (χ3n) is 3.38. The minimum atomic E-state index is -0.195. The van der Waals surface area contributed by atoms with E-state index in [4.69, 9.17) is 0 Å². The molecular weight excluding hydrogens is 184 g/mol. The maximum atomic E-state index is 10.8. The molecule has 0 aromatic rings. The fourth-order valence-electron chi connectivity index (χ4n) is 2.47. The Kier molecular flexibility index (Phi) is 3.42. The Balaban J connectivity index is 2.66. The highest BCUT2D eigenvalue weighted by molar-refractivity contribution is 5.58. The summed E-state index contributed by atoms with van der Waals surface area (Å²) in [6, 6.07) is 0. The Morgan fingerprint density at radius 1 is 1.47 bits per heavy atom. The van der Waals surface area contributed by atoms with Crippen LogP contribution in [-0.2, 0) is 4.79 Å². The van der Waals surface area contributed by atoms with Gasteiger partial charge in [-0.05, 0) is 30.6 Å². The number of carbonyl (C=O) groups excluding carboxylic acids is 1. The van der Waals surface area contributed by atoms with E-state index in [1.165, 1.54) is 12.8 Å². The Bertz CT molecular complexity index is 271. The first-order valence-corrected chi connectivity index (χ1v) is 5.91. The molecular formula is C14H24O. The molecule has 0 spiro atoms. The number of allylic oxidation sites excluding steroid dienone is 2. The van der Waals surface area contributed by atoms with Gasteiger partial charge in [0.1, 0.15) is 6.29 Å². The lowest BCUT2D eigenvalue weighted by atomic mass is 9.88. The van der Waals surface area contributed by atoms with E-state index >= 15 is 0 Å². The minimum absolute atomic E-state index is 0.195. The summed E-state index contributed by atoms with van der Waals surface area (Å²) in [4.78, 5) is 10.8. The normalized spacial score (nSPS) is 28.3. The van der Waals surface area contributed by atoms with Crippen molar-refractivity contribution in [1.82, 2.24) is 0 Å². The monoisotopic (exact) mass is 208 g/mol. The molecule has 1 saturated carbocycles. The summed E-state index contributed by atoms with van der Waals surface area (Å²) in [5.74, 6) is 0.697. The van der Waals surface area contributed by atoms with Crippen LogP contribution in [0, 0.1) is 16.7 Å². The lowest BCUT2D eigenvalue weighted by Gasteiger charge is -2.16. The van der Waals surface area contributed by atoms with E-state index in [0.29, 0.717) is 11.3 Å². The zero-order valence-corrected chi connectivity index (χ0v) is 10.8. The predicted octanol–water partition coefficient (Wildman–Crippen LogP) is 3.98. The molecule has 86 valence electrons. The topological polar surface area (TPSA) is 17.1 Å². The highest BCUT2D eigenvalue weighted by Gasteiger charge is 2.32. The van der Waals surface area contributed by atoms with E-state index in [1.54, 1.807) is 5.57 Å². The van der Waals surface area contributed by atoms with Gasteiger partial charge in [0.15, 0.2) is 0 Å². The lowest BCUT2D eigenvalue weighted by molar-refractivity contribution is -0.114. The molecule has 15 heavy (non-hydrogen) atoms. The molecule has 0 aliphatic heterocycles. The van der Waals surface area contributed by atoms with Crippen molar-refractivity contribution in [1.29, 1.82) is 0 Å². The largest absolute Gasteiger partial charge is 0.303 e. The highest BCUT2D eigenvalue weighted by Crippen LogP contribution is 2.44. The maximum Gasteiger partial charge on any atom is 0.125 e. The molecule has 1 aliphatic carbocycles. The van der Waals surface area contributed by atoms with Gasteiger partial charge < -0.3 is 4.79 Å². The van der Waals surface area contributed by atoms with Crippen molar-refractivity contribution in [2.24, 2.45) is 16.7 Å². The van der Waals surface area contributed by atoms with Crippen molar-refractivity contribution in [3.05, 3.63) is 11.6 Å². The first-order chi connectivity index (χ1) is 6.76. The number of aldehydes is 1. The summed E-state index contributed by atoms with van der Waals surface area (Å²) in [5, 5.41) is 0. The van der Waals surface area contributed by atoms with Crippen molar-refractivity contribution in [2.75, 3.05) is 0 Å². The van der Waals surface area contributed by atoms with Gasteiger partial charge in [-0.1, -0.05) is 46.3 Å². The highest BCUT2D eigenvalue weighted by atomic mass is 16.1.